The molecule has 5 rings (SSSR count). The maximum Gasteiger partial charge on any atom is 0.0375 e. The molecule has 1 fully saturated rings. The largest absolute Gasteiger partial charge is 0.121 e. The minimum Gasteiger partial charge on any atom is -0.121 e. The van der Waals surface area contributed by atoms with E-state index in [1.165, 1.54) is 79.6 Å². The molecule has 4 aromatic rings. The highest BCUT2D eigenvalue weighted by Gasteiger charge is 2.54. The molecule has 1 aliphatic carbocycles. The molecule has 0 spiro atoms. The van der Waals surface area contributed by atoms with E-state index in [1.54, 1.807) is 0 Å². The monoisotopic (exact) mass is 564 g/mol. The van der Waals surface area contributed by atoms with Gasteiger partial charge in [0, 0.05) is 10.3 Å². The molecule has 2 unspecified atom stereocenters. The van der Waals surface area contributed by atoms with Crippen molar-refractivity contribution in [3.63, 3.8) is 0 Å². The Balaban J connectivity index is 1.77. The summed E-state index contributed by atoms with van der Waals surface area (Å²) in [6.45, 7) is 17.9. The molecular weight excluding hydrogens is 518 g/mol. The molecule has 2 heteroatoms. The van der Waals surface area contributed by atoms with Gasteiger partial charge in [-0.15, -0.1) is 18.5 Å². The summed E-state index contributed by atoms with van der Waals surface area (Å²) < 4.78 is 0. The summed E-state index contributed by atoms with van der Waals surface area (Å²) in [5.74, 6) is 0.915. The lowest BCUT2D eigenvalue weighted by molar-refractivity contribution is 0.109. The van der Waals surface area contributed by atoms with Crippen LogP contribution in [0.25, 0.3) is 0 Å². The van der Waals surface area contributed by atoms with E-state index in [2.05, 4.69) is 147 Å². The quantitative estimate of drug-likeness (QED) is 0.204. The van der Waals surface area contributed by atoms with E-state index in [-0.39, 0.29) is 10.3 Å². The van der Waals surface area contributed by atoms with Gasteiger partial charge in [-0.05, 0) is 102 Å². The van der Waals surface area contributed by atoms with Gasteiger partial charge in [-0.1, -0.05) is 117 Å². The normalized spacial score (nSPS) is 17.6. The van der Waals surface area contributed by atoms with Crippen LogP contribution in [0, 0.1) is 67.2 Å². The Morgan fingerprint density at radius 3 is 0.700 bits per heavy atom. The molecule has 0 bridgehead atoms. The topological polar surface area (TPSA) is 0 Å². The first-order chi connectivity index (χ1) is 18.8. The van der Waals surface area contributed by atoms with Crippen molar-refractivity contribution < 1.29 is 0 Å². The van der Waals surface area contributed by atoms with E-state index in [9.17, 15) is 0 Å². The van der Waals surface area contributed by atoms with E-state index in [0.717, 1.165) is 0 Å². The van der Waals surface area contributed by atoms with Crippen molar-refractivity contribution in [3.05, 3.63) is 140 Å². The third-order valence-electron chi connectivity index (χ3n) is 9.24. The summed E-state index contributed by atoms with van der Waals surface area (Å²) in [4.78, 5) is 0. The van der Waals surface area contributed by atoms with Crippen molar-refractivity contribution in [2.24, 2.45) is 11.8 Å². The van der Waals surface area contributed by atoms with Gasteiger partial charge in [0.1, 0.15) is 0 Å². The summed E-state index contributed by atoms with van der Waals surface area (Å²) >= 11 is 0. The van der Waals surface area contributed by atoms with Gasteiger partial charge >= 0.3 is 0 Å². The van der Waals surface area contributed by atoms with Crippen molar-refractivity contribution in [2.45, 2.75) is 78.5 Å². The van der Waals surface area contributed by atoms with E-state index >= 15 is 0 Å². The Kier molecular flexibility index (Phi) is 7.94. The van der Waals surface area contributed by atoms with Crippen molar-refractivity contribution in [1.29, 1.82) is 0 Å². The highest BCUT2D eigenvalue weighted by molar-refractivity contribution is 7.19. The molecule has 40 heavy (non-hydrogen) atoms. The Morgan fingerprint density at radius 2 is 0.550 bits per heavy atom. The molecule has 0 aromatic heterocycles. The second kappa shape index (κ2) is 10.9. The van der Waals surface area contributed by atoms with E-state index in [0.29, 0.717) is 11.8 Å². The maximum atomic E-state index is 3.43. The fourth-order valence-electron chi connectivity index (χ4n) is 7.63. The molecule has 0 N–H and O–H groups in total. The summed E-state index contributed by atoms with van der Waals surface area (Å²) in [6.07, 6.45) is 2.42. The van der Waals surface area contributed by atoms with Gasteiger partial charge in [-0.3, -0.25) is 0 Å². The summed E-state index contributed by atoms with van der Waals surface area (Å²) in [6, 6.07) is 28.7. The average molecular weight is 565 g/mol. The second-order valence-corrected chi connectivity index (χ2v) is 14.9. The zero-order valence-electron chi connectivity index (χ0n) is 25.7. The molecule has 0 nitrogen and oxygen atoms in total. The number of aryl methyl sites for hydroxylation is 8. The molecule has 208 valence electrons. The molecule has 1 aliphatic rings. The Labute approximate surface area is 247 Å². The van der Waals surface area contributed by atoms with Gasteiger partial charge in [0.25, 0.3) is 0 Å². The average Bonchev–Trinajstić information content (AvgIpc) is 2.80. The van der Waals surface area contributed by atoms with E-state index in [4.69, 9.17) is 0 Å². The zero-order valence-corrected chi connectivity index (χ0v) is 28.0. The second-order valence-electron chi connectivity index (χ2n) is 13.0. The van der Waals surface area contributed by atoms with Crippen molar-refractivity contribution in [3.8, 4) is 0 Å². The number of hydrogen-bond acceptors (Lipinski definition) is 0. The first-order valence-corrected chi connectivity index (χ1v) is 15.9. The van der Waals surface area contributed by atoms with Crippen LogP contribution < -0.4 is 0 Å². The third kappa shape index (κ3) is 5.24. The van der Waals surface area contributed by atoms with Crippen LogP contribution in [0.2, 0.25) is 0 Å². The minimum absolute atomic E-state index is 0.184. The van der Waals surface area contributed by atoms with Crippen LogP contribution in [0.5, 0.6) is 0 Å². The highest BCUT2D eigenvalue weighted by atomic mass is 31.0. The molecule has 0 aliphatic heterocycles. The van der Waals surface area contributed by atoms with Gasteiger partial charge in [0.15, 0.2) is 0 Å². The fraction of sp³-hybridized carbons (Fsp3) is 0.368. The molecule has 0 radical (unpaired) electrons. The van der Waals surface area contributed by atoms with Crippen LogP contribution in [0.15, 0.2) is 72.8 Å². The van der Waals surface area contributed by atoms with E-state index in [1.807, 2.05) is 0 Å². The lowest BCUT2D eigenvalue weighted by atomic mass is 9.56. The Bertz CT molecular complexity index is 1270. The molecule has 0 saturated heterocycles. The molecule has 1 saturated carbocycles. The number of rotatable bonds is 6. The van der Waals surface area contributed by atoms with Crippen LogP contribution in [0.1, 0.15) is 79.6 Å². The molecule has 0 heterocycles. The lowest BCUT2D eigenvalue weighted by Crippen LogP contribution is -2.50. The Morgan fingerprint density at radius 1 is 0.375 bits per heavy atom. The smallest absolute Gasteiger partial charge is 0.0375 e. The van der Waals surface area contributed by atoms with Gasteiger partial charge in [0.05, 0.1) is 0 Å². The standard InChI is InChI=1S/C38H46P2/c1-23-11-24(2)16-31(15-23)37(39,32-17-25(3)12-26(4)18-32)35-9-10-36(35)38(40,33-19-27(5)13-28(6)20-33)34-21-29(7)14-30(8)22-34/h11-22,35-36H,9-10,39-40H2,1-8H3/t35-,36-/m1/s1. The van der Waals surface area contributed by atoms with Crippen molar-refractivity contribution in [2.75, 3.05) is 0 Å². The zero-order chi connectivity index (χ0) is 29.0. The first kappa shape index (κ1) is 29.2. The summed E-state index contributed by atoms with van der Waals surface area (Å²) in [5, 5.41) is -0.369. The van der Waals surface area contributed by atoms with Gasteiger partial charge in [-0.2, -0.15) is 0 Å². The number of benzene rings is 4. The van der Waals surface area contributed by atoms with Crippen molar-refractivity contribution in [1.82, 2.24) is 0 Å². The molecule has 4 aromatic carbocycles. The van der Waals surface area contributed by atoms with Crippen LogP contribution >= 0.6 is 18.5 Å². The molecule has 4 atom stereocenters. The van der Waals surface area contributed by atoms with E-state index < -0.39 is 0 Å². The SMILES string of the molecule is Cc1cc(C)cc(C(P)(c2cc(C)cc(C)c2)[C@@H]2CC[C@H]2C(P)(c2cc(C)cc(C)c2)c2cc(C)cc(C)c2)c1. The lowest BCUT2D eigenvalue weighted by Gasteiger charge is -2.56. The van der Waals surface area contributed by atoms with Gasteiger partial charge in [0.2, 0.25) is 0 Å². The van der Waals surface area contributed by atoms with Crippen LogP contribution in [0.4, 0.5) is 0 Å². The van der Waals surface area contributed by atoms with Crippen LogP contribution in [0.3, 0.4) is 0 Å². The van der Waals surface area contributed by atoms with Crippen molar-refractivity contribution >= 4 is 18.5 Å². The van der Waals surface area contributed by atoms with Gasteiger partial charge in [-0.25, -0.2) is 0 Å². The minimum atomic E-state index is -0.184. The Hall–Kier alpha value is -2.26. The fourth-order valence-corrected chi connectivity index (χ4v) is 9.10. The highest BCUT2D eigenvalue weighted by Crippen LogP contribution is 2.64. The molecule has 0 amide bonds. The first-order valence-electron chi connectivity index (χ1n) is 14.7. The summed E-state index contributed by atoms with van der Waals surface area (Å²) in [7, 11) is 6.86. The number of hydrogen-bond donors (Lipinski definition) is 0. The summed E-state index contributed by atoms with van der Waals surface area (Å²) in [5.41, 5.74) is 16.4. The van der Waals surface area contributed by atoms with Crippen LogP contribution in [-0.2, 0) is 10.3 Å². The third-order valence-corrected chi connectivity index (χ3v) is 11.4. The maximum absolute atomic E-state index is 3.43. The molecular formula is C38H46P2. The predicted molar refractivity (Wildman–Crippen MR) is 181 cm³/mol. The predicted octanol–water partition coefficient (Wildman–Crippen LogP) is 10.1. The van der Waals surface area contributed by atoms with Gasteiger partial charge < -0.3 is 0 Å². The van der Waals surface area contributed by atoms with Crippen LogP contribution in [-0.4, -0.2) is 0 Å².